The molecule has 0 atom stereocenters. The van der Waals surface area contributed by atoms with Gasteiger partial charge in [0.15, 0.2) is 0 Å². The van der Waals surface area contributed by atoms with E-state index in [1.165, 1.54) is 0 Å². The van der Waals surface area contributed by atoms with E-state index < -0.39 is 5.79 Å². The number of ether oxygens (including phenoxy) is 2. The predicted octanol–water partition coefficient (Wildman–Crippen LogP) is 3.12. The van der Waals surface area contributed by atoms with Crippen molar-refractivity contribution < 1.29 is 9.47 Å². The van der Waals surface area contributed by atoms with Crippen LogP contribution in [0.5, 0.6) is 0 Å². The Morgan fingerprint density at radius 1 is 1.14 bits per heavy atom. The van der Waals surface area contributed by atoms with Gasteiger partial charge in [-0.15, -0.1) is 11.6 Å². The Labute approximate surface area is 88.1 Å². The SMILES string of the molecule is CC1(c2ccc(CCl)cc2)OC=CO1. The Bertz CT molecular complexity index is 335. The first-order chi connectivity index (χ1) is 6.74. The number of alkyl halides is 1. The van der Waals surface area contributed by atoms with Crippen LogP contribution in [0.2, 0.25) is 0 Å². The van der Waals surface area contributed by atoms with E-state index >= 15 is 0 Å². The van der Waals surface area contributed by atoms with Crippen molar-refractivity contribution in [1.82, 2.24) is 0 Å². The van der Waals surface area contributed by atoms with Crippen LogP contribution in [-0.4, -0.2) is 0 Å². The van der Waals surface area contributed by atoms with Gasteiger partial charge in [-0.05, 0) is 5.56 Å². The van der Waals surface area contributed by atoms with Crippen molar-refractivity contribution >= 4 is 11.6 Å². The summed E-state index contributed by atoms with van der Waals surface area (Å²) in [4.78, 5) is 0. The monoisotopic (exact) mass is 210 g/mol. The highest BCUT2D eigenvalue weighted by molar-refractivity contribution is 6.17. The topological polar surface area (TPSA) is 18.5 Å². The Morgan fingerprint density at radius 3 is 2.21 bits per heavy atom. The van der Waals surface area contributed by atoms with Gasteiger partial charge < -0.3 is 9.47 Å². The second-order valence-electron chi connectivity index (χ2n) is 3.28. The Hall–Kier alpha value is -1.15. The van der Waals surface area contributed by atoms with Gasteiger partial charge in [0, 0.05) is 18.4 Å². The van der Waals surface area contributed by atoms with E-state index in [-0.39, 0.29) is 0 Å². The summed E-state index contributed by atoms with van der Waals surface area (Å²) in [5.74, 6) is -0.151. The molecule has 3 heteroatoms. The van der Waals surface area contributed by atoms with Crippen LogP contribution in [0, 0.1) is 0 Å². The number of halogens is 1. The largest absolute Gasteiger partial charge is 0.453 e. The minimum absolute atomic E-state index is 0.525. The third kappa shape index (κ3) is 1.58. The minimum atomic E-state index is -0.676. The molecule has 1 aliphatic heterocycles. The number of rotatable bonds is 2. The Kier molecular flexibility index (Phi) is 2.38. The van der Waals surface area contributed by atoms with Gasteiger partial charge in [-0.25, -0.2) is 0 Å². The van der Waals surface area contributed by atoms with E-state index in [4.69, 9.17) is 21.1 Å². The summed E-state index contributed by atoms with van der Waals surface area (Å²) in [6.45, 7) is 1.88. The summed E-state index contributed by atoms with van der Waals surface area (Å²) in [6.07, 6.45) is 3.10. The average molecular weight is 211 g/mol. The molecule has 0 spiro atoms. The van der Waals surface area contributed by atoms with Gasteiger partial charge in [-0.3, -0.25) is 0 Å². The van der Waals surface area contributed by atoms with E-state index in [1.54, 1.807) is 12.5 Å². The lowest BCUT2D eigenvalue weighted by Gasteiger charge is -2.23. The van der Waals surface area contributed by atoms with Gasteiger partial charge in [0.1, 0.15) is 12.5 Å². The van der Waals surface area contributed by atoms with E-state index in [1.807, 2.05) is 31.2 Å². The molecule has 0 amide bonds. The normalized spacial score (nSPS) is 17.6. The van der Waals surface area contributed by atoms with Crippen LogP contribution in [-0.2, 0) is 21.1 Å². The van der Waals surface area contributed by atoms with Crippen LogP contribution in [0.25, 0.3) is 0 Å². The summed E-state index contributed by atoms with van der Waals surface area (Å²) in [7, 11) is 0. The van der Waals surface area contributed by atoms with Crippen LogP contribution in [0.1, 0.15) is 18.1 Å². The molecule has 0 aromatic heterocycles. The third-order valence-corrected chi connectivity index (χ3v) is 2.58. The highest BCUT2D eigenvalue weighted by Gasteiger charge is 2.31. The van der Waals surface area contributed by atoms with Crippen molar-refractivity contribution in [3.63, 3.8) is 0 Å². The fourth-order valence-corrected chi connectivity index (χ4v) is 1.55. The predicted molar refractivity (Wildman–Crippen MR) is 54.7 cm³/mol. The van der Waals surface area contributed by atoms with Crippen LogP contribution < -0.4 is 0 Å². The molecule has 0 N–H and O–H groups in total. The number of hydrogen-bond donors (Lipinski definition) is 0. The molecule has 1 heterocycles. The second kappa shape index (κ2) is 3.54. The van der Waals surface area contributed by atoms with Gasteiger partial charge >= 0.3 is 0 Å². The van der Waals surface area contributed by atoms with Crippen molar-refractivity contribution in [2.75, 3.05) is 0 Å². The van der Waals surface area contributed by atoms with Crippen LogP contribution in [0.3, 0.4) is 0 Å². The number of hydrogen-bond acceptors (Lipinski definition) is 2. The molecule has 0 bridgehead atoms. The summed E-state index contributed by atoms with van der Waals surface area (Å²) in [6, 6.07) is 7.87. The van der Waals surface area contributed by atoms with Crippen molar-refractivity contribution in [1.29, 1.82) is 0 Å². The maximum absolute atomic E-state index is 5.70. The van der Waals surface area contributed by atoms with Gasteiger partial charge in [0.2, 0.25) is 0 Å². The maximum atomic E-state index is 5.70. The Morgan fingerprint density at radius 2 is 1.71 bits per heavy atom. The molecule has 1 aromatic rings. The lowest BCUT2D eigenvalue weighted by molar-refractivity contribution is -0.133. The minimum Gasteiger partial charge on any atom is -0.453 e. The maximum Gasteiger partial charge on any atom is 0.273 e. The van der Waals surface area contributed by atoms with Gasteiger partial charge in [0.25, 0.3) is 5.79 Å². The molecule has 0 saturated carbocycles. The molecule has 0 fully saturated rings. The first-order valence-electron chi connectivity index (χ1n) is 4.41. The van der Waals surface area contributed by atoms with E-state index in [2.05, 4.69) is 0 Å². The zero-order valence-electron chi connectivity index (χ0n) is 7.87. The molecule has 1 aromatic carbocycles. The zero-order chi connectivity index (χ0) is 10.0. The molecular formula is C11H11ClO2. The molecule has 14 heavy (non-hydrogen) atoms. The highest BCUT2D eigenvalue weighted by Crippen LogP contribution is 2.31. The van der Waals surface area contributed by atoms with Crippen LogP contribution in [0.15, 0.2) is 36.8 Å². The molecular weight excluding hydrogens is 200 g/mol. The quantitative estimate of drug-likeness (QED) is 0.699. The highest BCUT2D eigenvalue weighted by atomic mass is 35.5. The van der Waals surface area contributed by atoms with Crippen molar-refractivity contribution in [2.45, 2.75) is 18.6 Å². The van der Waals surface area contributed by atoms with Gasteiger partial charge in [-0.2, -0.15) is 0 Å². The molecule has 2 rings (SSSR count). The van der Waals surface area contributed by atoms with E-state index in [0.29, 0.717) is 5.88 Å². The third-order valence-electron chi connectivity index (χ3n) is 2.27. The zero-order valence-corrected chi connectivity index (χ0v) is 8.62. The van der Waals surface area contributed by atoms with Crippen molar-refractivity contribution in [2.24, 2.45) is 0 Å². The molecule has 0 radical (unpaired) electrons. The number of benzene rings is 1. The first-order valence-corrected chi connectivity index (χ1v) is 4.94. The van der Waals surface area contributed by atoms with Gasteiger partial charge in [0.05, 0.1) is 0 Å². The van der Waals surface area contributed by atoms with E-state index in [0.717, 1.165) is 11.1 Å². The Balaban J connectivity index is 2.24. The molecule has 0 aliphatic carbocycles. The first kappa shape index (κ1) is 9.41. The molecule has 0 saturated heterocycles. The smallest absolute Gasteiger partial charge is 0.273 e. The van der Waals surface area contributed by atoms with Crippen molar-refractivity contribution in [3.8, 4) is 0 Å². The molecule has 2 nitrogen and oxygen atoms in total. The standard InChI is InChI=1S/C11H11ClO2/c1-11(13-6-7-14-11)10-4-2-9(8-12)3-5-10/h2-7H,8H2,1H3. The molecule has 0 unspecified atom stereocenters. The fourth-order valence-electron chi connectivity index (χ4n) is 1.38. The average Bonchev–Trinajstić information content (AvgIpc) is 2.67. The molecule has 1 aliphatic rings. The molecule has 74 valence electrons. The van der Waals surface area contributed by atoms with Crippen LogP contribution in [0.4, 0.5) is 0 Å². The van der Waals surface area contributed by atoms with Crippen molar-refractivity contribution in [3.05, 3.63) is 47.9 Å². The van der Waals surface area contributed by atoms with Gasteiger partial charge in [-0.1, -0.05) is 24.3 Å². The summed E-state index contributed by atoms with van der Waals surface area (Å²) in [5.41, 5.74) is 2.07. The summed E-state index contributed by atoms with van der Waals surface area (Å²) >= 11 is 5.70. The summed E-state index contributed by atoms with van der Waals surface area (Å²) < 4.78 is 10.7. The lowest BCUT2D eigenvalue weighted by Crippen LogP contribution is -2.21. The summed E-state index contributed by atoms with van der Waals surface area (Å²) in [5, 5.41) is 0. The fraction of sp³-hybridized carbons (Fsp3) is 0.273. The lowest BCUT2D eigenvalue weighted by atomic mass is 10.1. The van der Waals surface area contributed by atoms with Crippen LogP contribution >= 0.6 is 11.6 Å². The van der Waals surface area contributed by atoms with E-state index in [9.17, 15) is 0 Å². The second-order valence-corrected chi connectivity index (χ2v) is 3.55.